The molecule has 2 aromatic carbocycles. The first-order chi connectivity index (χ1) is 13.6. The number of imide groups is 1. The predicted molar refractivity (Wildman–Crippen MR) is 106 cm³/mol. The fourth-order valence-electron chi connectivity index (χ4n) is 3.84. The van der Waals surface area contributed by atoms with E-state index in [1.807, 2.05) is 23.1 Å². The number of hydrogen-bond acceptors (Lipinski definition) is 4. The van der Waals surface area contributed by atoms with Gasteiger partial charge in [-0.2, -0.15) is 0 Å². The van der Waals surface area contributed by atoms with Gasteiger partial charge in [0.1, 0.15) is 0 Å². The Kier molecular flexibility index (Phi) is 5.10. The molecule has 3 amide bonds. The monoisotopic (exact) mass is 377 g/mol. The summed E-state index contributed by atoms with van der Waals surface area (Å²) < 4.78 is 0. The fraction of sp³-hybridized carbons (Fsp3) is 0.318. The first-order valence-electron chi connectivity index (χ1n) is 9.68. The van der Waals surface area contributed by atoms with Gasteiger partial charge in [-0.3, -0.25) is 19.3 Å². The minimum atomic E-state index is -0.260. The number of para-hydroxylation sites is 1. The number of fused-ring (bicyclic) bond motifs is 1. The van der Waals surface area contributed by atoms with Gasteiger partial charge >= 0.3 is 0 Å². The van der Waals surface area contributed by atoms with E-state index >= 15 is 0 Å². The lowest BCUT2D eigenvalue weighted by Gasteiger charge is -2.36. The van der Waals surface area contributed by atoms with Crippen LogP contribution in [0.15, 0.2) is 54.6 Å². The Bertz CT molecular complexity index is 854. The van der Waals surface area contributed by atoms with Crippen molar-refractivity contribution in [2.24, 2.45) is 0 Å². The van der Waals surface area contributed by atoms with Crippen molar-refractivity contribution < 1.29 is 14.4 Å². The molecule has 2 aliphatic heterocycles. The molecule has 28 heavy (non-hydrogen) atoms. The summed E-state index contributed by atoms with van der Waals surface area (Å²) in [6.07, 6.45) is 0.835. The Balaban J connectivity index is 1.25. The lowest BCUT2D eigenvalue weighted by atomic mass is 10.1. The van der Waals surface area contributed by atoms with Crippen LogP contribution in [0.5, 0.6) is 0 Å². The Hall–Kier alpha value is -3.15. The molecular formula is C22H23N3O3. The largest absolute Gasteiger partial charge is 0.368 e. The van der Waals surface area contributed by atoms with Crippen LogP contribution in [0.3, 0.4) is 0 Å². The third-order valence-corrected chi connectivity index (χ3v) is 5.40. The molecule has 6 heteroatoms. The highest BCUT2D eigenvalue weighted by Gasteiger charge is 2.34. The zero-order valence-corrected chi connectivity index (χ0v) is 15.7. The Morgan fingerprint density at radius 3 is 1.96 bits per heavy atom. The van der Waals surface area contributed by atoms with Crippen molar-refractivity contribution in [2.75, 3.05) is 37.6 Å². The number of rotatable bonds is 5. The van der Waals surface area contributed by atoms with Crippen molar-refractivity contribution in [1.29, 1.82) is 0 Å². The molecule has 0 bridgehead atoms. The number of carbonyl (C=O) groups is 3. The highest BCUT2D eigenvalue weighted by molar-refractivity contribution is 6.21. The van der Waals surface area contributed by atoms with E-state index in [-0.39, 0.29) is 24.3 Å². The van der Waals surface area contributed by atoms with E-state index in [1.54, 1.807) is 24.3 Å². The van der Waals surface area contributed by atoms with Crippen LogP contribution in [0.2, 0.25) is 0 Å². The maximum absolute atomic E-state index is 12.5. The Morgan fingerprint density at radius 1 is 0.786 bits per heavy atom. The van der Waals surface area contributed by atoms with E-state index in [2.05, 4.69) is 17.0 Å². The third-order valence-electron chi connectivity index (χ3n) is 5.40. The van der Waals surface area contributed by atoms with E-state index in [0.717, 1.165) is 13.1 Å². The molecule has 0 aliphatic carbocycles. The predicted octanol–water partition coefficient (Wildman–Crippen LogP) is 2.41. The van der Waals surface area contributed by atoms with Crippen molar-refractivity contribution in [3.63, 3.8) is 0 Å². The average molecular weight is 377 g/mol. The smallest absolute Gasteiger partial charge is 0.261 e. The normalized spacial score (nSPS) is 16.5. The summed E-state index contributed by atoms with van der Waals surface area (Å²) in [5.74, 6) is -0.432. The van der Waals surface area contributed by atoms with Crippen LogP contribution in [0.4, 0.5) is 5.69 Å². The van der Waals surface area contributed by atoms with Crippen LogP contribution in [0.1, 0.15) is 33.6 Å². The van der Waals surface area contributed by atoms with Crippen LogP contribution < -0.4 is 4.90 Å². The number of amides is 3. The first kappa shape index (κ1) is 18.2. The standard InChI is InChI=1S/C22H23N3O3/c26-20(24-15-13-23(14-16-24)17-7-2-1-3-8-17)11-6-12-25-21(27)18-9-4-5-10-19(18)22(25)28/h1-5,7-10H,6,11-16H2. The molecule has 0 N–H and O–H groups in total. The van der Waals surface area contributed by atoms with Gasteiger partial charge in [0.05, 0.1) is 11.1 Å². The van der Waals surface area contributed by atoms with Crippen LogP contribution >= 0.6 is 0 Å². The van der Waals surface area contributed by atoms with Crippen LogP contribution in [0, 0.1) is 0 Å². The molecule has 1 fully saturated rings. The van der Waals surface area contributed by atoms with Crippen molar-refractivity contribution in [3.05, 3.63) is 65.7 Å². The first-order valence-corrected chi connectivity index (χ1v) is 9.68. The number of anilines is 1. The molecule has 1 saturated heterocycles. The zero-order chi connectivity index (χ0) is 19.5. The van der Waals surface area contributed by atoms with Crippen molar-refractivity contribution >= 4 is 23.4 Å². The van der Waals surface area contributed by atoms with E-state index in [1.165, 1.54) is 10.6 Å². The van der Waals surface area contributed by atoms with Crippen molar-refractivity contribution in [2.45, 2.75) is 12.8 Å². The van der Waals surface area contributed by atoms with Gasteiger partial charge in [0.15, 0.2) is 0 Å². The van der Waals surface area contributed by atoms with Crippen molar-refractivity contribution in [3.8, 4) is 0 Å². The number of nitrogens with zero attached hydrogens (tertiary/aromatic N) is 3. The maximum Gasteiger partial charge on any atom is 0.261 e. The topological polar surface area (TPSA) is 60.9 Å². The average Bonchev–Trinajstić information content (AvgIpc) is 2.99. The van der Waals surface area contributed by atoms with Gasteiger partial charge in [-0.1, -0.05) is 30.3 Å². The third kappa shape index (κ3) is 3.50. The van der Waals surface area contributed by atoms with Crippen molar-refractivity contribution in [1.82, 2.24) is 9.80 Å². The SMILES string of the molecule is O=C(CCCN1C(=O)c2ccccc2C1=O)N1CCN(c2ccccc2)CC1. The van der Waals surface area contributed by atoms with Gasteiger partial charge in [0.25, 0.3) is 11.8 Å². The molecule has 0 saturated carbocycles. The summed E-state index contributed by atoms with van der Waals surface area (Å²) in [5, 5.41) is 0. The lowest BCUT2D eigenvalue weighted by Crippen LogP contribution is -2.48. The Morgan fingerprint density at radius 2 is 1.36 bits per heavy atom. The highest BCUT2D eigenvalue weighted by atomic mass is 16.2. The molecule has 2 aliphatic rings. The van der Waals surface area contributed by atoms with Gasteiger partial charge in [-0.15, -0.1) is 0 Å². The molecule has 0 radical (unpaired) electrons. The van der Waals surface area contributed by atoms with Gasteiger partial charge in [0.2, 0.25) is 5.91 Å². The lowest BCUT2D eigenvalue weighted by molar-refractivity contribution is -0.131. The second-order valence-electron chi connectivity index (χ2n) is 7.11. The van der Waals surface area contributed by atoms with E-state index in [9.17, 15) is 14.4 Å². The second kappa shape index (κ2) is 7.84. The van der Waals surface area contributed by atoms with Crippen LogP contribution in [-0.2, 0) is 4.79 Å². The maximum atomic E-state index is 12.5. The minimum absolute atomic E-state index is 0.0873. The van der Waals surface area contributed by atoms with E-state index < -0.39 is 0 Å². The van der Waals surface area contributed by atoms with Crippen LogP contribution in [0.25, 0.3) is 0 Å². The highest BCUT2D eigenvalue weighted by Crippen LogP contribution is 2.23. The minimum Gasteiger partial charge on any atom is -0.368 e. The van der Waals surface area contributed by atoms with E-state index in [0.29, 0.717) is 37.1 Å². The van der Waals surface area contributed by atoms with Gasteiger partial charge in [-0.05, 0) is 30.7 Å². The number of benzene rings is 2. The fourth-order valence-corrected chi connectivity index (χ4v) is 3.84. The van der Waals surface area contributed by atoms with Gasteiger partial charge in [0, 0.05) is 44.8 Å². The summed E-state index contributed by atoms with van der Waals surface area (Å²) in [6, 6.07) is 17.1. The molecule has 2 heterocycles. The molecule has 4 rings (SSSR count). The van der Waals surface area contributed by atoms with Crippen LogP contribution in [-0.4, -0.2) is 60.2 Å². The second-order valence-corrected chi connectivity index (χ2v) is 7.11. The zero-order valence-electron chi connectivity index (χ0n) is 15.7. The van der Waals surface area contributed by atoms with Gasteiger partial charge < -0.3 is 9.80 Å². The molecule has 0 atom stereocenters. The van der Waals surface area contributed by atoms with E-state index in [4.69, 9.17) is 0 Å². The number of hydrogen-bond donors (Lipinski definition) is 0. The summed E-state index contributed by atoms with van der Waals surface area (Å²) in [7, 11) is 0. The summed E-state index contributed by atoms with van der Waals surface area (Å²) >= 11 is 0. The molecular weight excluding hydrogens is 354 g/mol. The molecule has 2 aromatic rings. The molecule has 0 spiro atoms. The number of carbonyl (C=O) groups excluding carboxylic acids is 3. The summed E-state index contributed by atoms with van der Waals surface area (Å²) in [6.45, 7) is 3.30. The number of piperazine rings is 1. The molecule has 0 aromatic heterocycles. The molecule has 0 unspecified atom stereocenters. The van der Waals surface area contributed by atoms with Gasteiger partial charge in [-0.25, -0.2) is 0 Å². The molecule has 144 valence electrons. The summed E-state index contributed by atoms with van der Waals surface area (Å²) in [4.78, 5) is 42.6. The molecule has 6 nitrogen and oxygen atoms in total. The summed E-state index contributed by atoms with van der Waals surface area (Å²) in [5.41, 5.74) is 2.09. The quantitative estimate of drug-likeness (QED) is 0.751. The Labute approximate surface area is 164 Å².